The smallest absolute Gasteiger partial charge is 0.460 e. The molecule has 25 heteroatoms. The fourth-order valence-electron chi connectivity index (χ4n) is 3.20. The summed E-state index contributed by atoms with van der Waals surface area (Å²) in [5.41, 5.74) is -3.87. The predicted octanol–water partition coefficient (Wildman–Crippen LogP) is 10.3. The van der Waals surface area contributed by atoms with Crippen LogP contribution < -0.4 is 20.1 Å². The van der Waals surface area contributed by atoms with Crippen molar-refractivity contribution in [1.82, 2.24) is 0 Å². The lowest BCUT2D eigenvalue weighted by Crippen LogP contribution is -2.72. The molecule has 0 atom stereocenters. The molecule has 0 heterocycles. The number of alkyl halides is 15. The summed E-state index contributed by atoms with van der Waals surface area (Å²) in [5, 5.41) is 3.91. The van der Waals surface area contributed by atoms with Crippen molar-refractivity contribution < 1.29 is 103 Å². The molecule has 1 aromatic rings. The van der Waals surface area contributed by atoms with Crippen molar-refractivity contribution >= 4 is 23.6 Å². The molecule has 0 radical (unpaired) electrons. The lowest BCUT2D eigenvalue weighted by molar-refractivity contribution is -0.451. The molecular formula is C26H25F17N2O6. The Morgan fingerprint density at radius 2 is 0.882 bits per heavy atom. The highest BCUT2D eigenvalue weighted by Gasteiger charge is 2.94. The van der Waals surface area contributed by atoms with Crippen LogP contribution in [-0.4, -0.2) is 72.2 Å². The van der Waals surface area contributed by atoms with Gasteiger partial charge >= 0.3 is 59.9 Å². The Morgan fingerprint density at radius 3 is 1.22 bits per heavy atom. The molecule has 0 aliphatic heterocycles. The van der Waals surface area contributed by atoms with Gasteiger partial charge in [-0.3, -0.25) is 10.6 Å². The summed E-state index contributed by atoms with van der Waals surface area (Å²) >= 11 is 0. The van der Waals surface area contributed by atoms with Gasteiger partial charge in [0, 0.05) is 12.1 Å². The van der Waals surface area contributed by atoms with Gasteiger partial charge in [0.15, 0.2) is 11.5 Å². The van der Waals surface area contributed by atoms with Crippen molar-refractivity contribution in [2.45, 2.75) is 94.5 Å². The number of halogens is 17. The van der Waals surface area contributed by atoms with Crippen LogP contribution in [0.1, 0.15) is 41.5 Å². The highest BCUT2D eigenvalue weighted by Crippen LogP contribution is 2.63. The quantitative estimate of drug-likeness (QED) is 0.171. The summed E-state index contributed by atoms with van der Waals surface area (Å²) in [4.78, 5) is 24.6. The number of rotatable bonds is 11. The summed E-state index contributed by atoms with van der Waals surface area (Å²) < 4.78 is 249. The van der Waals surface area contributed by atoms with Crippen LogP contribution in [0.15, 0.2) is 24.0 Å². The summed E-state index contributed by atoms with van der Waals surface area (Å²) in [6.45, 7) is 8.14. The average molecular weight is 784 g/mol. The van der Waals surface area contributed by atoms with Gasteiger partial charge in [0.05, 0.1) is 18.5 Å². The average Bonchev–Trinajstić information content (AvgIpc) is 2.90. The molecule has 1 rings (SSSR count). The number of nitrogens with one attached hydrogen (secondary N) is 2. The van der Waals surface area contributed by atoms with Gasteiger partial charge in [0.2, 0.25) is 5.83 Å². The Morgan fingerprint density at radius 1 is 0.549 bits per heavy atom. The first-order valence-corrected chi connectivity index (χ1v) is 13.1. The molecule has 1 aromatic carbocycles. The normalized spacial score (nSPS) is 14.7. The van der Waals surface area contributed by atoms with Crippen LogP contribution >= 0.6 is 0 Å². The van der Waals surface area contributed by atoms with Gasteiger partial charge in [-0.05, 0) is 41.5 Å². The molecule has 0 aromatic heterocycles. The van der Waals surface area contributed by atoms with E-state index in [1.807, 2.05) is 10.6 Å². The van der Waals surface area contributed by atoms with Gasteiger partial charge in [0.25, 0.3) is 0 Å². The lowest BCUT2D eigenvalue weighted by atomic mass is 9.91. The molecule has 2 amide bonds. The number of benzene rings is 1. The largest absolute Gasteiger partial charge is 0.493 e. The number of allylic oxidation sites excluding steroid dienone is 1. The van der Waals surface area contributed by atoms with Crippen molar-refractivity contribution in [3.8, 4) is 11.5 Å². The minimum atomic E-state index is -8.76. The van der Waals surface area contributed by atoms with Crippen molar-refractivity contribution in [2.24, 2.45) is 0 Å². The first-order chi connectivity index (χ1) is 22.3. The maximum atomic E-state index is 14.6. The maximum absolute atomic E-state index is 14.6. The van der Waals surface area contributed by atoms with Crippen molar-refractivity contribution in [3.63, 3.8) is 0 Å². The molecule has 0 aliphatic rings. The van der Waals surface area contributed by atoms with E-state index in [0.29, 0.717) is 13.2 Å². The van der Waals surface area contributed by atoms with E-state index < -0.39 is 99.8 Å². The van der Waals surface area contributed by atoms with Crippen LogP contribution in [0.3, 0.4) is 0 Å². The molecule has 51 heavy (non-hydrogen) atoms. The summed E-state index contributed by atoms with van der Waals surface area (Å²) in [5.74, 6) is -57.8. The van der Waals surface area contributed by atoms with Crippen molar-refractivity contribution in [2.75, 3.05) is 17.7 Å². The van der Waals surface area contributed by atoms with E-state index >= 15 is 0 Å². The Balaban J connectivity index is 3.82. The number of carbonyl (C=O) groups is 2. The van der Waals surface area contributed by atoms with Crippen LogP contribution in [0, 0.1) is 0 Å². The SMILES string of the molecule is COc1cc(NC(=O)OC(C)(C)C)c(NC(=O)OC(C)(C)C)cc1OC(F)=C(F)C(F)(F)C(F)(F)C(F)(F)C(F)(F)C(F)(F)C(F)(F)C(F)(F)F. The number of hydrogen-bond donors (Lipinski definition) is 2. The van der Waals surface area contributed by atoms with E-state index in [1.165, 1.54) is 41.5 Å². The molecule has 0 bridgehead atoms. The molecule has 0 spiro atoms. The summed E-state index contributed by atoms with van der Waals surface area (Å²) in [6, 6.07) is -3.02. The first-order valence-electron chi connectivity index (χ1n) is 13.1. The maximum Gasteiger partial charge on any atom is 0.460 e. The molecule has 0 saturated carbocycles. The van der Waals surface area contributed by atoms with Crippen LogP contribution in [0.5, 0.6) is 11.5 Å². The van der Waals surface area contributed by atoms with E-state index in [1.54, 1.807) is 0 Å². The molecule has 0 fully saturated rings. The predicted molar refractivity (Wildman–Crippen MR) is 138 cm³/mol. The second-order valence-electron chi connectivity index (χ2n) is 11.9. The van der Waals surface area contributed by atoms with Crippen LogP contribution in [0.25, 0.3) is 0 Å². The third-order valence-electron chi connectivity index (χ3n) is 5.55. The zero-order valence-electron chi connectivity index (χ0n) is 26.5. The van der Waals surface area contributed by atoms with Gasteiger partial charge in [0.1, 0.15) is 11.2 Å². The minimum Gasteiger partial charge on any atom is -0.493 e. The highest BCUT2D eigenvalue weighted by molar-refractivity contribution is 5.96. The number of amides is 2. The van der Waals surface area contributed by atoms with Crippen molar-refractivity contribution in [1.29, 1.82) is 0 Å². The Bertz CT molecular complexity index is 1500. The van der Waals surface area contributed by atoms with Gasteiger partial charge in [-0.25, -0.2) is 9.59 Å². The topological polar surface area (TPSA) is 95.1 Å². The lowest BCUT2D eigenvalue weighted by Gasteiger charge is -2.41. The molecule has 0 saturated heterocycles. The van der Waals surface area contributed by atoms with Gasteiger partial charge in [-0.15, -0.1) is 0 Å². The number of hydrogen-bond acceptors (Lipinski definition) is 6. The van der Waals surface area contributed by atoms with Gasteiger partial charge < -0.3 is 18.9 Å². The molecule has 2 N–H and O–H groups in total. The van der Waals surface area contributed by atoms with E-state index in [4.69, 9.17) is 9.47 Å². The van der Waals surface area contributed by atoms with Gasteiger partial charge in [-0.1, -0.05) is 0 Å². The number of ether oxygens (including phenoxy) is 4. The Labute approximate surface area is 275 Å². The van der Waals surface area contributed by atoms with E-state index in [-0.39, 0.29) is 6.07 Å². The molecule has 8 nitrogen and oxygen atoms in total. The molecule has 0 aliphatic carbocycles. The third kappa shape index (κ3) is 8.87. The fraction of sp³-hybridized carbons (Fsp3) is 0.615. The van der Waals surface area contributed by atoms with Crippen LogP contribution in [0.4, 0.5) is 95.6 Å². The second-order valence-corrected chi connectivity index (χ2v) is 11.9. The number of anilines is 2. The van der Waals surface area contributed by atoms with E-state index in [0.717, 1.165) is 0 Å². The standard InChI is InChI=1S/C26H25F17N2O6/c1-18(2,3)50-16(46)44-10-8-12(48-7)13(9-11(10)45-17(47)51-19(4,5)6)49-15(28)14(27)20(29,30)21(31,32)22(33,34)23(35,36)24(37,38)25(39,40)26(41,42)43/h8-9H,1-7H3,(H,44,46)(H,45,47). The van der Waals surface area contributed by atoms with Crippen LogP contribution in [-0.2, 0) is 9.47 Å². The molecule has 294 valence electrons. The summed E-state index contributed by atoms with van der Waals surface area (Å²) in [7, 11) is 0.653. The molecule has 0 unspecified atom stereocenters. The highest BCUT2D eigenvalue weighted by atomic mass is 19.4. The summed E-state index contributed by atoms with van der Waals surface area (Å²) in [6.07, 6.45) is -10.6. The van der Waals surface area contributed by atoms with Crippen molar-refractivity contribution in [3.05, 3.63) is 24.0 Å². The number of methoxy groups -OCH3 is 1. The van der Waals surface area contributed by atoms with Crippen LogP contribution in [0.2, 0.25) is 0 Å². The third-order valence-corrected chi connectivity index (χ3v) is 5.55. The second kappa shape index (κ2) is 13.8. The fourth-order valence-corrected chi connectivity index (χ4v) is 3.20. The Kier molecular flexibility index (Phi) is 12.2. The van der Waals surface area contributed by atoms with E-state index in [9.17, 15) is 84.2 Å². The monoisotopic (exact) mass is 784 g/mol. The zero-order chi connectivity index (χ0) is 40.8. The Hall–Kier alpha value is -4.09. The first kappa shape index (κ1) is 44.9. The van der Waals surface area contributed by atoms with E-state index in [2.05, 4.69) is 9.47 Å². The zero-order valence-corrected chi connectivity index (χ0v) is 26.5. The van der Waals surface area contributed by atoms with Gasteiger partial charge in [-0.2, -0.15) is 74.6 Å². The minimum absolute atomic E-state index is 0.237. The molecular weight excluding hydrogens is 759 g/mol. The number of carbonyl (C=O) groups excluding carboxylic acids is 2.